The second kappa shape index (κ2) is 5.77. The van der Waals surface area contributed by atoms with Crippen LogP contribution in [0.3, 0.4) is 0 Å². The minimum atomic E-state index is -1.34. The zero-order valence-electron chi connectivity index (χ0n) is 8.10. The molecule has 0 aliphatic rings. The number of halogens is 1. The molecule has 0 aromatic carbocycles. The van der Waals surface area contributed by atoms with Crippen LogP contribution in [0.15, 0.2) is 15.9 Å². The second-order valence-corrected chi connectivity index (χ2v) is 7.13. The van der Waals surface area contributed by atoms with Crippen LogP contribution < -0.4 is 0 Å². The lowest BCUT2D eigenvalue weighted by Crippen LogP contribution is -2.25. The highest BCUT2D eigenvalue weighted by molar-refractivity contribution is 9.11. The van der Waals surface area contributed by atoms with E-state index in [0.29, 0.717) is 12.2 Å². The van der Waals surface area contributed by atoms with Crippen LogP contribution in [-0.2, 0) is 21.3 Å². The number of aliphatic carboxylic acids is 1. The molecule has 0 bridgehead atoms. The first-order valence-corrected chi connectivity index (χ1v) is 7.38. The third kappa shape index (κ3) is 3.70. The standard InChI is InChI=1S/C9H11BrO3S2/c1-2-7(9(11)12)15(13)5-6-3-4-8(10)14-6/h3-4,7H,2,5H2,1H3,(H,11,12). The van der Waals surface area contributed by atoms with Crippen LogP contribution in [0.2, 0.25) is 0 Å². The third-order valence-corrected chi connectivity index (χ3v) is 5.45. The summed E-state index contributed by atoms with van der Waals surface area (Å²) in [5, 5.41) is 8.07. The van der Waals surface area contributed by atoms with Crippen LogP contribution in [0, 0.1) is 0 Å². The Kier molecular flexibility index (Phi) is 4.95. The highest BCUT2D eigenvalue weighted by Gasteiger charge is 2.22. The van der Waals surface area contributed by atoms with Gasteiger partial charge in [0.25, 0.3) is 0 Å². The van der Waals surface area contributed by atoms with Crippen molar-refractivity contribution < 1.29 is 14.1 Å². The summed E-state index contributed by atoms with van der Waals surface area (Å²) >= 11 is 4.79. The van der Waals surface area contributed by atoms with E-state index >= 15 is 0 Å². The van der Waals surface area contributed by atoms with Gasteiger partial charge < -0.3 is 5.11 Å². The zero-order chi connectivity index (χ0) is 11.4. The Hall–Kier alpha value is -0.200. The van der Waals surface area contributed by atoms with Crippen molar-refractivity contribution >= 4 is 44.0 Å². The van der Waals surface area contributed by atoms with Crippen LogP contribution >= 0.6 is 27.3 Å². The summed E-state index contributed by atoms with van der Waals surface area (Å²) in [6.45, 7) is 1.74. The lowest BCUT2D eigenvalue weighted by atomic mass is 10.3. The number of rotatable bonds is 5. The molecule has 2 unspecified atom stereocenters. The van der Waals surface area contributed by atoms with E-state index in [1.807, 2.05) is 12.1 Å². The largest absolute Gasteiger partial charge is 0.480 e. The van der Waals surface area contributed by atoms with Gasteiger partial charge in [-0.15, -0.1) is 11.3 Å². The monoisotopic (exact) mass is 310 g/mol. The van der Waals surface area contributed by atoms with Gasteiger partial charge in [0.2, 0.25) is 0 Å². The van der Waals surface area contributed by atoms with E-state index in [1.165, 1.54) is 11.3 Å². The van der Waals surface area contributed by atoms with Gasteiger partial charge in [-0.1, -0.05) is 6.92 Å². The molecule has 3 nitrogen and oxygen atoms in total. The number of hydrogen-bond donors (Lipinski definition) is 1. The molecule has 84 valence electrons. The van der Waals surface area contributed by atoms with Gasteiger partial charge >= 0.3 is 5.97 Å². The van der Waals surface area contributed by atoms with Crippen molar-refractivity contribution in [2.75, 3.05) is 0 Å². The molecule has 0 saturated carbocycles. The Morgan fingerprint density at radius 1 is 1.67 bits per heavy atom. The van der Waals surface area contributed by atoms with Crippen molar-refractivity contribution in [1.29, 1.82) is 0 Å². The van der Waals surface area contributed by atoms with E-state index in [-0.39, 0.29) is 0 Å². The summed E-state index contributed by atoms with van der Waals surface area (Å²) in [4.78, 5) is 11.7. The van der Waals surface area contributed by atoms with E-state index in [0.717, 1.165) is 8.66 Å². The lowest BCUT2D eigenvalue weighted by Gasteiger charge is -2.08. The maximum Gasteiger partial charge on any atom is 0.319 e. The van der Waals surface area contributed by atoms with E-state index in [2.05, 4.69) is 15.9 Å². The molecule has 1 N–H and O–H groups in total. The van der Waals surface area contributed by atoms with Crippen molar-refractivity contribution in [3.8, 4) is 0 Å². The van der Waals surface area contributed by atoms with Crippen molar-refractivity contribution in [2.24, 2.45) is 0 Å². The first-order valence-electron chi connectivity index (χ1n) is 4.38. The van der Waals surface area contributed by atoms with Gasteiger partial charge in [-0.05, 0) is 34.5 Å². The summed E-state index contributed by atoms with van der Waals surface area (Å²) in [7, 11) is -1.34. The summed E-state index contributed by atoms with van der Waals surface area (Å²) in [6.07, 6.45) is 0.397. The van der Waals surface area contributed by atoms with E-state index < -0.39 is 22.0 Å². The molecule has 6 heteroatoms. The SMILES string of the molecule is CCC(C(=O)O)S(=O)Cc1ccc(Br)s1. The van der Waals surface area contributed by atoms with Gasteiger partial charge in [-0.3, -0.25) is 9.00 Å². The molecule has 1 aromatic rings. The number of carbonyl (C=O) groups is 1. The maximum absolute atomic E-state index is 11.7. The smallest absolute Gasteiger partial charge is 0.319 e. The van der Waals surface area contributed by atoms with Gasteiger partial charge in [0.1, 0.15) is 5.25 Å². The highest BCUT2D eigenvalue weighted by Crippen LogP contribution is 2.24. The topological polar surface area (TPSA) is 54.4 Å². The number of thiophene rings is 1. The Bertz CT molecular complexity index is 375. The minimum absolute atomic E-state index is 0.321. The average molecular weight is 311 g/mol. The molecular weight excluding hydrogens is 300 g/mol. The Morgan fingerprint density at radius 3 is 2.73 bits per heavy atom. The Morgan fingerprint density at radius 2 is 2.33 bits per heavy atom. The molecule has 2 atom stereocenters. The number of carboxylic acids is 1. The Labute approximate surface area is 103 Å². The molecule has 15 heavy (non-hydrogen) atoms. The van der Waals surface area contributed by atoms with Crippen LogP contribution in [0.5, 0.6) is 0 Å². The minimum Gasteiger partial charge on any atom is -0.480 e. The molecule has 0 spiro atoms. The van der Waals surface area contributed by atoms with Crippen molar-refractivity contribution in [2.45, 2.75) is 24.3 Å². The van der Waals surface area contributed by atoms with Crippen molar-refractivity contribution in [1.82, 2.24) is 0 Å². The summed E-state index contributed by atoms with van der Waals surface area (Å²) in [5.74, 6) is -0.660. The molecule has 0 fully saturated rings. The van der Waals surface area contributed by atoms with Gasteiger partial charge in [0.15, 0.2) is 0 Å². The van der Waals surface area contributed by atoms with Crippen LogP contribution in [0.4, 0.5) is 0 Å². The third-order valence-electron chi connectivity index (χ3n) is 1.88. The maximum atomic E-state index is 11.7. The predicted octanol–water partition coefficient (Wildman–Crippen LogP) is 2.62. The zero-order valence-corrected chi connectivity index (χ0v) is 11.3. The van der Waals surface area contributed by atoms with Crippen LogP contribution in [-0.4, -0.2) is 20.5 Å². The van der Waals surface area contributed by atoms with E-state index in [9.17, 15) is 9.00 Å². The lowest BCUT2D eigenvalue weighted by molar-refractivity contribution is -0.136. The molecule has 0 radical (unpaired) electrons. The fourth-order valence-corrected chi connectivity index (χ4v) is 4.18. The summed E-state index contributed by atoms with van der Waals surface area (Å²) < 4.78 is 12.7. The first-order chi connectivity index (χ1) is 7.04. The normalized spacial score (nSPS) is 14.8. The molecule has 0 saturated heterocycles. The molecule has 0 aliphatic heterocycles. The molecular formula is C9H11BrO3S2. The molecule has 0 amide bonds. The molecule has 0 aliphatic carbocycles. The second-order valence-electron chi connectivity index (χ2n) is 2.97. The fourth-order valence-electron chi connectivity index (χ4n) is 1.14. The quantitative estimate of drug-likeness (QED) is 0.909. The van der Waals surface area contributed by atoms with Crippen molar-refractivity contribution in [3.63, 3.8) is 0 Å². The molecule has 1 heterocycles. The van der Waals surface area contributed by atoms with Gasteiger partial charge in [0, 0.05) is 15.7 Å². The van der Waals surface area contributed by atoms with E-state index in [1.54, 1.807) is 6.92 Å². The van der Waals surface area contributed by atoms with Crippen molar-refractivity contribution in [3.05, 3.63) is 20.8 Å². The van der Waals surface area contributed by atoms with E-state index in [4.69, 9.17) is 5.11 Å². The molecule has 1 aromatic heterocycles. The van der Waals surface area contributed by atoms with Gasteiger partial charge in [0.05, 0.1) is 9.54 Å². The number of carboxylic acid groups (broad SMARTS) is 1. The predicted molar refractivity (Wildman–Crippen MR) is 65.6 cm³/mol. The van der Waals surface area contributed by atoms with Crippen LogP contribution in [0.25, 0.3) is 0 Å². The van der Waals surface area contributed by atoms with Crippen LogP contribution in [0.1, 0.15) is 18.2 Å². The highest BCUT2D eigenvalue weighted by atomic mass is 79.9. The first kappa shape index (κ1) is 12.9. The summed E-state index contributed by atoms with van der Waals surface area (Å²) in [6, 6.07) is 3.74. The average Bonchev–Trinajstić information content (AvgIpc) is 2.51. The van der Waals surface area contributed by atoms with Gasteiger partial charge in [-0.25, -0.2) is 0 Å². The number of hydrogen-bond acceptors (Lipinski definition) is 3. The fraction of sp³-hybridized carbons (Fsp3) is 0.444. The van der Waals surface area contributed by atoms with Gasteiger partial charge in [-0.2, -0.15) is 0 Å². The Balaban J connectivity index is 2.66. The molecule has 1 rings (SSSR count). The summed E-state index contributed by atoms with van der Waals surface area (Å²) in [5.41, 5.74) is 0.